The van der Waals surface area contributed by atoms with Gasteiger partial charge in [0.2, 0.25) is 0 Å². The number of hydrogen-bond donors (Lipinski definition) is 3. The molecule has 0 radical (unpaired) electrons. The summed E-state index contributed by atoms with van der Waals surface area (Å²) in [5, 5.41) is 15.8. The molecule has 0 amide bonds. The number of esters is 1. The summed E-state index contributed by atoms with van der Waals surface area (Å²) >= 11 is 0. The molecule has 1 aliphatic heterocycles. The van der Waals surface area contributed by atoms with Crippen LogP contribution >= 0.6 is 0 Å². The molecule has 2 aromatic rings. The quantitative estimate of drug-likeness (QED) is 0.114. The first-order valence-electron chi connectivity index (χ1n) is 14.5. The maximum Gasteiger partial charge on any atom is 0.337 e. The summed E-state index contributed by atoms with van der Waals surface area (Å²) in [6.07, 6.45) is 9.79. The maximum absolute atomic E-state index is 12.6. The second-order valence-corrected chi connectivity index (χ2v) is 10.9. The van der Waals surface area contributed by atoms with Crippen molar-refractivity contribution in [3.05, 3.63) is 59.2 Å². The molecule has 0 unspecified atom stereocenters. The Kier molecular flexibility index (Phi) is 12.0. The normalized spacial score (nSPS) is 14.0. The largest absolute Gasteiger partial charge is 0.465 e. The van der Waals surface area contributed by atoms with Crippen LogP contribution in [0.3, 0.4) is 0 Å². The number of methoxy groups -OCH3 is 1. The predicted molar refractivity (Wildman–Crippen MR) is 161 cm³/mol. The average Bonchev–Trinajstić information content (AvgIpc) is 2.94. The van der Waals surface area contributed by atoms with Gasteiger partial charge in [-0.2, -0.15) is 0 Å². The highest BCUT2D eigenvalue weighted by Crippen LogP contribution is 2.26. The first-order chi connectivity index (χ1) is 18.8. The van der Waals surface area contributed by atoms with Gasteiger partial charge in [0.15, 0.2) is 0 Å². The van der Waals surface area contributed by atoms with Crippen molar-refractivity contribution in [2.45, 2.75) is 71.8 Å². The number of carbonyl (C=O) groups excluding carboxylic acids is 1. The van der Waals surface area contributed by atoms with Gasteiger partial charge in [0.05, 0.1) is 18.5 Å². The van der Waals surface area contributed by atoms with Crippen molar-refractivity contribution < 1.29 is 9.53 Å². The first-order valence-corrected chi connectivity index (χ1v) is 14.5. The second-order valence-electron chi connectivity index (χ2n) is 10.9. The summed E-state index contributed by atoms with van der Waals surface area (Å²) in [4.78, 5) is 17.3. The zero-order valence-corrected chi connectivity index (χ0v) is 24.1. The number of likely N-dealkylation sites (tertiary alicyclic amines) is 1. The van der Waals surface area contributed by atoms with E-state index in [4.69, 9.17) is 21.3 Å². The molecule has 0 aromatic heterocycles. The smallest absolute Gasteiger partial charge is 0.337 e. The number of carbonyl (C=O) groups is 1. The minimum absolute atomic E-state index is 0.0237. The van der Waals surface area contributed by atoms with Crippen molar-refractivity contribution in [1.82, 2.24) is 9.80 Å². The molecule has 39 heavy (non-hydrogen) atoms. The van der Waals surface area contributed by atoms with Gasteiger partial charge in [0.1, 0.15) is 5.84 Å². The molecule has 0 aliphatic carbocycles. The molecule has 1 saturated heterocycles. The van der Waals surface area contributed by atoms with Gasteiger partial charge in [-0.25, -0.2) is 4.79 Å². The topological polar surface area (TPSA) is 106 Å². The fourth-order valence-electron chi connectivity index (χ4n) is 5.48. The number of nitrogens with zero attached hydrogens (tertiary/aromatic N) is 2. The number of benzene rings is 2. The highest BCUT2D eigenvalue weighted by Gasteiger charge is 2.22. The SMILES string of the molecule is CCCCCCCCN(Cc1cc(C(=O)OC)cc(-c2cccc(C(=N)N)c2)c1)CC1CCN(C(C)=N)CC1. The molecular formula is C32H47N5O2. The van der Waals surface area contributed by atoms with Crippen molar-refractivity contribution in [2.24, 2.45) is 11.7 Å². The molecule has 212 valence electrons. The fourth-order valence-corrected chi connectivity index (χ4v) is 5.48. The lowest BCUT2D eigenvalue weighted by molar-refractivity contribution is 0.0600. The average molecular weight is 534 g/mol. The number of piperidine rings is 1. The lowest BCUT2D eigenvalue weighted by Gasteiger charge is -2.35. The Labute approximate surface area is 234 Å². The van der Waals surface area contributed by atoms with Crippen LogP contribution in [0.2, 0.25) is 0 Å². The Morgan fingerprint density at radius 3 is 2.36 bits per heavy atom. The van der Waals surface area contributed by atoms with E-state index in [0.29, 0.717) is 22.9 Å². The lowest BCUT2D eigenvalue weighted by Crippen LogP contribution is -2.40. The Bertz CT molecular complexity index is 1110. The maximum atomic E-state index is 12.6. The third-order valence-electron chi connectivity index (χ3n) is 7.76. The van der Waals surface area contributed by atoms with E-state index < -0.39 is 0 Å². The van der Waals surface area contributed by atoms with Crippen LogP contribution in [0.4, 0.5) is 0 Å². The van der Waals surface area contributed by atoms with E-state index in [1.54, 1.807) is 0 Å². The molecule has 0 atom stereocenters. The van der Waals surface area contributed by atoms with Gasteiger partial charge in [-0.05, 0) is 79.6 Å². The van der Waals surface area contributed by atoms with E-state index >= 15 is 0 Å². The summed E-state index contributed by atoms with van der Waals surface area (Å²) in [5.41, 5.74) is 9.87. The van der Waals surface area contributed by atoms with Crippen molar-refractivity contribution in [2.75, 3.05) is 33.3 Å². The number of nitrogens with one attached hydrogen (secondary N) is 2. The van der Waals surface area contributed by atoms with E-state index in [1.807, 2.05) is 43.3 Å². The summed E-state index contributed by atoms with van der Waals surface area (Å²) in [7, 11) is 1.41. The zero-order valence-electron chi connectivity index (χ0n) is 24.1. The Morgan fingerprint density at radius 1 is 1.00 bits per heavy atom. The van der Waals surface area contributed by atoms with Gasteiger partial charge in [-0.15, -0.1) is 0 Å². The van der Waals surface area contributed by atoms with Gasteiger partial charge in [0.25, 0.3) is 0 Å². The number of amidine groups is 2. The number of rotatable bonds is 14. The van der Waals surface area contributed by atoms with E-state index in [2.05, 4.69) is 22.8 Å². The number of nitrogens with two attached hydrogens (primary N) is 1. The van der Waals surface area contributed by atoms with E-state index in [-0.39, 0.29) is 11.8 Å². The summed E-state index contributed by atoms with van der Waals surface area (Å²) < 4.78 is 5.08. The standard InChI is InChI=1S/C32H47N5O2/c1-4-5-6-7-8-9-15-36(22-25-13-16-37(17-14-25)24(2)33)23-26-18-29(21-30(19-26)32(38)39-3)27-11-10-12-28(20-27)31(34)35/h10-12,18-21,25,33H,4-9,13-17,22-23H2,1-3H3,(H3,34,35). The number of nitrogen functional groups attached to an aromatic ring is 1. The lowest BCUT2D eigenvalue weighted by atomic mass is 9.95. The van der Waals surface area contributed by atoms with Crippen molar-refractivity contribution >= 4 is 17.6 Å². The summed E-state index contributed by atoms with van der Waals surface area (Å²) in [5.74, 6) is 0.947. The van der Waals surface area contributed by atoms with E-state index in [0.717, 1.165) is 62.3 Å². The highest BCUT2D eigenvalue weighted by atomic mass is 16.5. The van der Waals surface area contributed by atoms with Crippen LogP contribution in [0.15, 0.2) is 42.5 Å². The Hall–Kier alpha value is -3.19. The molecule has 0 spiro atoms. The van der Waals surface area contributed by atoms with E-state index in [9.17, 15) is 4.79 Å². The van der Waals surface area contributed by atoms with Crippen LogP contribution in [-0.4, -0.2) is 60.7 Å². The van der Waals surface area contributed by atoms with Gasteiger partial charge >= 0.3 is 5.97 Å². The number of hydrogen-bond acceptors (Lipinski definition) is 5. The molecule has 2 aromatic carbocycles. The van der Waals surface area contributed by atoms with Crippen LogP contribution in [0.25, 0.3) is 11.1 Å². The van der Waals surface area contributed by atoms with Gasteiger partial charge in [-0.3, -0.25) is 15.7 Å². The molecular weight excluding hydrogens is 486 g/mol. The van der Waals surface area contributed by atoms with Crippen molar-refractivity contribution in [1.29, 1.82) is 10.8 Å². The fraction of sp³-hybridized carbons (Fsp3) is 0.531. The Balaban J connectivity index is 1.81. The zero-order chi connectivity index (χ0) is 28.2. The van der Waals surface area contributed by atoms with Crippen LogP contribution in [0, 0.1) is 16.7 Å². The summed E-state index contributed by atoms with van der Waals surface area (Å²) in [6.45, 7) is 8.87. The number of ether oxygens (including phenoxy) is 1. The third kappa shape index (κ3) is 9.50. The predicted octanol–water partition coefficient (Wildman–Crippen LogP) is 6.30. The first kappa shape index (κ1) is 30.4. The van der Waals surface area contributed by atoms with Gasteiger partial charge in [-0.1, -0.05) is 57.2 Å². The van der Waals surface area contributed by atoms with Crippen LogP contribution in [0.1, 0.15) is 86.7 Å². The molecule has 7 heteroatoms. The molecule has 1 heterocycles. The molecule has 3 rings (SSSR count). The molecule has 7 nitrogen and oxygen atoms in total. The van der Waals surface area contributed by atoms with Gasteiger partial charge < -0.3 is 15.4 Å². The molecule has 0 bridgehead atoms. The minimum atomic E-state index is -0.349. The number of unbranched alkanes of at least 4 members (excludes halogenated alkanes) is 5. The minimum Gasteiger partial charge on any atom is -0.465 e. The highest BCUT2D eigenvalue weighted by molar-refractivity contribution is 5.96. The molecule has 4 N–H and O–H groups in total. The van der Waals surface area contributed by atoms with Crippen LogP contribution in [-0.2, 0) is 11.3 Å². The molecule has 1 fully saturated rings. The van der Waals surface area contributed by atoms with Crippen molar-refractivity contribution in [3.8, 4) is 11.1 Å². The summed E-state index contributed by atoms with van der Waals surface area (Å²) in [6, 6.07) is 13.6. The monoisotopic (exact) mass is 533 g/mol. The second kappa shape index (κ2) is 15.4. The van der Waals surface area contributed by atoms with Crippen LogP contribution < -0.4 is 5.73 Å². The van der Waals surface area contributed by atoms with Crippen LogP contribution in [0.5, 0.6) is 0 Å². The molecule has 1 aliphatic rings. The third-order valence-corrected chi connectivity index (χ3v) is 7.76. The van der Waals surface area contributed by atoms with Crippen molar-refractivity contribution in [3.63, 3.8) is 0 Å². The van der Waals surface area contributed by atoms with E-state index in [1.165, 1.54) is 45.6 Å². The molecule has 0 saturated carbocycles. The van der Waals surface area contributed by atoms with Gasteiger partial charge in [0, 0.05) is 31.7 Å². The Morgan fingerprint density at radius 2 is 1.69 bits per heavy atom.